The van der Waals surface area contributed by atoms with Crippen molar-refractivity contribution in [1.29, 1.82) is 0 Å². The topological polar surface area (TPSA) is 26.0 Å². The highest BCUT2D eigenvalue weighted by molar-refractivity contribution is 5.07. The average Bonchev–Trinajstić information content (AvgIpc) is 2.49. The monoisotopic (exact) mass is 231 g/mol. The highest BCUT2D eigenvalue weighted by Gasteiger charge is 2.66. The second kappa shape index (κ2) is 3.30. The van der Waals surface area contributed by atoms with Gasteiger partial charge in [0.1, 0.15) is 0 Å². The Bertz CT molecular complexity index is 245. The summed E-state index contributed by atoms with van der Waals surface area (Å²) >= 11 is 0. The van der Waals surface area contributed by atoms with Crippen molar-refractivity contribution in [1.82, 2.24) is 0 Å². The molecule has 1 aliphatic carbocycles. The summed E-state index contributed by atoms with van der Waals surface area (Å²) in [6.45, 7) is 3.49. The van der Waals surface area contributed by atoms with Crippen molar-refractivity contribution in [3.63, 3.8) is 0 Å². The van der Waals surface area contributed by atoms with E-state index in [2.05, 4.69) is 0 Å². The van der Waals surface area contributed by atoms with Crippen LogP contribution in [-0.4, -0.2) is 18.6 Å². The van der Waals surface area contributed by atoms with Crippen LogP contribution in [0, 0.1) is 17.3 Å². The molecule has 0 aromatic rings. The third-order valence-corrected chi connectivity index (χ3v) is 3.43. The van der Waals surface area contributed by atoms with Gasteiger partial charge < -0.3 is 5.73 Å². The molecule has 0 aromatic heterocycles. The zero-order chi connectivity index (χ0) is 12.1. The quantitative estimate of drug-likeness (QED) is 0.742. The molecule has 0 unspecified atom stereocenters. The number of nitrogens with two attached hydrogens (primary N) is 1. The Morgan fingerprint density at radius 3 is 1.80 bits per heavy atom. The molecule has 0 bridgehead atoms. The molecule has 0 saturated heterocycles. The van der Waals surface area contributed by atoms with E-state index in [-0.39, 0.29) is 12.5 Å². The first-order valence-corrected chi connectivity index (χ1v) is 4.68. The predicted molar refractivity (Wildman–Crippen MR) is 45.4 cm³/mol. The Hall–Kier alpha value is -0.390. The molecule has 15 heavy (non-hydrogen) atoms. The molecule has 6 heteroatoms. The number of hydrogen-bond acceptors (Lipinski definition) is 1. The van der Waals surface area contributed by atoms with Gasteiger partial charge in [0.15, 0.2) is 0 Å². The Morgan fingerprint density at radius 2 is 1.53 bits per heavy atom. The Balaban J connectivity index is 2.65. The van der Waals surface area contributed by atoms with Gasteiger partial charge in [-0.05, 0) is 23.8 Å². The van der Waals surface area contributed by atoms with Gasteiger partial charge in [-0.2, -0.15) is 22.0 Å². The van der Waals surface area contributed by atoms with E-state index in [0.717, 1.165) is 0 Å². The maximum atomic E-state index is 12.7. The molecule has 2 N–H and O–H groups in total. The van der Waals surface area contributed by atoms with Gasteiger partial charge in [-0.25, -0.2) is 0 Å². The van der Waals surface area contributed by atoms with E-state index in [9.17, 15) is 22.0 Å². The first kappa shape index (κ1) is 12.7. The molecule has 1 aliphatic rings. The summed E-state index contributed by atoms with van der Waals surface area (Å²) in [5.41, 5.74) is 4.80. The van der Waals surface area contributed by atoms with E-state index < -0.39 is 29.9 Å². The van der Waals surface area contributed by atoms with Crippen LogP contribution in [0.4, 0.5) is 22.0 Å². The van der Waals surface area contributed by atoms with Crippen LogP contribution in [0.1, 0.15) is 20.3 Å². The van der Waals surface area contributed by atoms with Crippen molar-refractivity contribution < 1.29 is 22.0 Å². The van der Waals surface area contributed by atoms with Crippen LogP contribution in [0.2, 0.25) is 0 Å². The van der Waals surface area contributed by atoms with Crippen LogP contribution >= 0.6 is 0 Å². The zero-order valence-electron chi connectivity index (χ0n) is 8.54. The number of hydrogen-bond donors (Lipinski definition) is 1. The fraction of sp³-hybridized carbons (Fsp3) is 1.00. The highest BCUT2D eigenvalue weighted by atomic mass is 19.4. The van der Waals surface area contributed by atoms with Gasteiger partial charge in [-0.15, -0.1) is 0 Å². The lowest BCUT2D eigenvalue weighted by Gasteiger charge is -2.20. The van der Waals surface area contributed by atoms with Crippen LogP contribution in [0.3, 0.4) is 0 Å². The number of rotatable bonds is 3. The SMILES string of the molecule is CC1(C)[C@@H](CN)[C@@H]1CC(F)(F)C(F)(F)F. The summed E-state index contributed by atoms with van der Waals surface area (Å²) in [7, 11) is 0. The second-order valence-corrected chi connectivity index (χ2v) is 4.68. The molecule has 0 aliphatic heterocycles. The summed E-state index contributed by atoms with van der Waals surface area (Å²) in [4.78, 5) is 0. The van der Waals surface area contributed by atoms with E-state index >= 15 is 0 Å². The molecule has 0 amide bonds. The van der Waals surface area contributed by atoms with Gasteiger partial charge in [0.05, 0.1) is 0 Å². The molecule has 1 saturated carbocycles. The molecule has 2 atom stereocenters. The summed E-state index contributed by atoms with van der Waals surface area (Å²) in [5, 5.41) is 0. The van der Waals surface area contributed by atoms with E-state index in [1.807, 2.05) is 0 Å². The molecule has 0 radical (unpaired) electrons. The van der Waals surface area contributed by atoms with Crippen molar-refractivity contribution in [3.8, 4) is 0 Å². The fourth-order valence-electron chi connectivity index (χ4n) is 2.12. The lowest BCUT2D eigenvalue weighted by molar-refractivity contribution is -0.286. The standard InChI is InChI=1S/C9H14F5N/c1-7(2)5(6(7)4-15)3-8(10,11)9(12,13)14/h5-6H,3-4,15H2,1-2H3/t5-,6-/m0/s1. The molecule has 0 spiro atoms. The second-order valence-electron chi connectivity index (χ2n) is 4.68. The molecule has 1 fully saturated rings. The minimum atomic E-state index is -5.45. The predicted octanol–water partition coefficient (Wildman–Crippen LogP) is 2.81. The summed E-state index contributed by atoms with van der Waals surface area (Å²) in [5.74, 6) is -5.47. The Kier molecular flexibility index (Phi) is 2.79. The lowest BCUT2D eigenvalue weighted by Crippen LogP contribution is -2.37. The Morgan fingerprint density at radius 1 is 1.07 bits per heavy atom. The normalized spacial score (nSPS) is 30.4. The maximum Gasteiger partial charge on any atom is 0.453 e. The lowest BCUT2D eigenvalue weighted by atomic mass is 10.0. The van der Waals surface area contributed by atoms with E-state index in [1.165, 1.54) is 0 Å². The average molecular weight is 231 g/mol. The minimum absolute atomic E-state index is 0.158. The molecular weight excluding hydrogens is 217 g/mol. The summed E-state index contributed by atoms with van der Waals surface area (Å²) in [6, 6.07) is 0. The smallest absolute Gasteiger partial charge is 0.330 e. The van der Waals surface area contributed by atoms with Gasteiger partial charge in [0, 0.05) is 6.42 Å². The largest absolute Gasteiger partial charge is 0.453 e. The van der Waals surface area contributed by atoms with Gasteiger partial charge in [0.25, 0.3) is 0 Å². The van der Waals surface area contributed by atoms with Crippen molar-refractivity contribution in [2.24, 2.45) is 23.0 Å². The Labute approximate surface area is 84.8 Å². The van der Waals surface area contributed by atoms with E-state index in [4.69, 9.17) is 5.73 Å². The fourth-order valence-corrected chi connectivity index (χ4v) is 2.12. The van der Waals surface area contributed by atoms with E-state index in [1.54, 1.807) is 13.8 Å². The number of halogens is 5. The first-order valence-electron chi connectivity index (χ1n) is 4.68. The zero-order valence-corrected chi connectivity index (χ0v) is 8.54. The van der Waals surface area contributed by atoms with Gasteiger partial charge in [0.2, 0.25) is 0 Å². The van der Waals surface area contributed by atoms with Crippen LogP contribution in [0.15, 0.2) is 0 Å². The number of alkyl halides is 5. The molecule has 1 nitrogen and oxygen atoms in total. The van der Waals surface area contributed by atoms with Crippen molar-refractivity contribution >= 4 is 0 Å². The van der Waals surface area contributed by atoms with E-state index in [0.29, 0.717) is 0 Å². The molecule has 0 aromatic carbocycles. The van der Waals surface area contributed by atoms with Crippen LogP contribution in [0.25, 0.3) is 0 Å². The molecule has 0 heterocycles. The summed E-state index contributed by atoms with van der Waals surface area (Å²) in [6.07, 6.45) is -6.60. The van der Waals surface area contributed by atoms with Crippen LogP contribution < -0.4 is 5.73 Å². The van der Waals surface area contributed by atoms with Crippen LogP contribution in [-0.2, 0) is 0 Å². The maximum absolute atomic E-state index is 12.7. The van der Waals surface area contributed by atoms with Crippen molar-refractivity contribution in [2.75, 3.05) is 6.54 Å². The minimum Gasteiger partial charge on any atom is -0.330 e. The molecule has 90 valence electrons. The molecule has 1 rings (SSSR count). The van der Waals surface area contributed by atoms with Gasteiger partial charge in [-0.1, -0.05) is 13.8 Å². The van der Waals surface area contributed by atoms with Crippen LogP contribution in [0.5, 0.6) is 0 Å². The third-order valence-electron chi connectivity index (χ3n) is 3.43. The third kappa shape index (κ3) is 2.09. The summed E-state index contributed by atoms with van der Waals surface area (Å²) < 4.78 is 61.2. The first-order chi connectivity index (χ1) is 6.54. The van der Waals surface area contributed by atoms with Crippen molar-refractivity contribution in [3.05, 3.63) is 0 Å². The highest BCUT2D eigenvalue weighted by Crippen LogP contribution is 2.62. The van der Waals surface area contributed by atoms with Gasteiger partial charge >= 0.3 is 12.1 Å². The van der Waals surface area contributed by atoms with Gasteiger partial charge in [-0.3, -0.25) is 0 Å². The molecular formula is C9H14F5N. The van der Waals surface area contributed by atoms with Crippen molar-refractivity contribution in [2.45, 2.75) is 32.4 Å².